The Morgan fingerprint density at radius 3 is 2.82 bits per heavy atom. The summed E-state index contributed by atoms with van der Waals surface area (Å²) in [4.78, 5) is 19.0. The third kappa shape index (κ3) is 3.35. The molecule has 2 aromatic rings. The molecular formula is C19H24N2O. The van der Waals surface area contributed by atoms with Crippen LogP contribution in [0.25, 0.3) is 0 Å². The first kappa shape index (κ1) is 16.2. The summed E-state index contributed by atoms with van der Waals surface area (Å²) in [6.45, 7) is 6.87. The fourth-order valence-corrected chi connectivity index (χ4v) is 2.68. The highest BCUT2D eigenvalue weighted by molar-refractivity contribution is 6.06. The summed E-state index contributed by atoms with van der Waals surface area (Å²) in [6, 6.07) is 11.8. The molecule has 22 heavy (non-hydrogen) atoms. The molecule has 1 aromatic heterocycles. The van der Waals surface area contributed by atoms with Crippen LogP contribution in [0.1, 0.15) is 48.8 Å². The van der Waals surface area contributed by atoms with Crippen molar-refractivity contribution in [2.45, 2.75) is 40.0 Å². The lowest BCUT2D eigenvalue weighted by molar-refractivity contribution is 0.0985. The quantitative estimate of drug-likeness (QED) is 0.829. The van der Waals surface area contributed by atoms with Crippen molar-refractivity contribution in [3.05, 3.63) is 59.4 Å². The van der Waals surface area contributed by atoms with E-state index in [0.29, 0.717) is 0 Å². The van der Waals surface area contributed by atoms with Gasteiger partial charge in [0.2, 0.25) is 0 Å². The third-order valence-corrected chi connectivity index (χ3v) is 3.78. The standard InChI is InChI=1S/C17H18N2O.C2H6/c1-2-13-6-3-7-14(12-13)17(20)19-11-5-8-15-16(19)9-4-10-18-15;1-2/h3-4,6-7,9-10,12H,2,5,8,11H2,1H3;1-2H3. The van der Waals surface area contributed by atoms with Gasteiger partial charge in [0.15, 0.2) is 0 Å². The Balaban J connectivity index is 0.000000847. The van der Waals surface area contributed by atoms with Crippen molar-refractivity contribution in [3.8, 4) is 0 Å². The number of benzene rings is 1. The summed E-state index contributed by atoms with van der Waals surface area (Å²) >= 11 is 0. The number of aryl methyl sites for hydroxylation is 2. The van der Waals surface area contributed by atoms with Gasteiger partial charge in [-0.05, 0) is 49.1 Å². The monoisotopic (exact) mass is 296 g/mol. The van der Waals surface area contributed by atoms with Gasteiger partial charge in [0, 0.05) is 18.3 Å². The second-order valence-corrected chi connectivity index (χ2v) is 5.08. The van der Waals surface area contributed by atoms with Crippen molar-refractivity contribution in [3.63, 3.8) is 0 Å². The van der Waals surface area contributed by atoms with Gasteiger partial charge in [-0.3, -0.25) is 9.78 Å². The van der Waals surface area contributed by atoms with Crippen molar-refractivity contribution >= 4 is 11.6 Å². The van der Waals surface area contributed by atoms with Crippen molar-refractivity contribution in [2.24, 2.45) is 0 Å². The number of rotatable bonds is 2. The number of nitrogens with zero attached hydrogens (tertiary/aromatic N) is 2. The zero-order valence-electron chi connectivity index (χ0n) is 13.7. The van der Waals surface area contributed by atoms with E-state index in [1.165, 1.54) is 5.56 Å². The van der Waals surface area contributed by atoms with Gasteiger partial charge >= 0.3 is 0 Å². The van der Waals surface area contributed by atoms with Crippen molar-refractivity contribution in [1.82, 2.24) is 4.98 Å². The third-order valence-electron chi connectivity index (χ3n) is 3.78. The van der Waals surface area contributed by atoms with Crippen LogP contribution < -0.4 is 4.90 Å². The van der Waals surface area contributed by atoms with Gasteiger partial charge < -0.3 is 4.90 Å². The molecule has 0 atom stereocenters. The summed E-state index contributed by atoms with van der Waals surface area (Å²) in [7, 11) is 0. The number of anilines is 1. The molecular weight excluding hydrogens is 272 g/mol. The predicted molar refractivity (Wildman–Crippen MR) is 91.4 cm³/mol. The molecule has 0 saturated heterocycles. The fourth-order valence-electron chi connectivity index (χ4n) is 2.68. The first-order chi connectivity index (χ1) is 10.8. The van der Waals surface area contributed by atoms with Gasteiger partial charge in [-0.1, -0.05) is 32.9 Å². The Kier molecular flexibility index (Phi) is 5.70. The van der Waals surface area contributed by atoms with Crippen LogP contribution in [-0.4, -0.2) is 17.4 Å². The minimum absolute atomic E-state index is 0.0780. The number of pyridine rings is 1. The van der Waals surface area contributed by atoms with Crippen LogP contribution in [0.2, 0.25) is 0 Å². The molecule has 0 saturated carbocycles. The zero-order valence-corrected chi connectivity index (χ0v) is 13.7. The lowest BCUT2D eigenvalue weighted by atomic mass is 10.0. The van der Waals surface area contributed by atoms with Crippen LogP contribution in [0.4, 0.5) is 5.69 Å². The topological polar surface area (TPSA) is 33.2 Å². The maximum Gasteiger partial charge on any atom is 0.258 e. The number of fused-ring (bicyclic) bond motifs is 1. The molecule has 3 heteroatoms. The Bertz CT molecular complexity index is 637. The molecule has 1 aliphatic heterocycles. The van der Waals surface area contributed by atoms with E-state index in [0.717, 1.165) is 42.8 Å². The first-order valence-electron chi connectivity index (χ1n) is 8.14. The highest BCUT2D eigenvalue weighted by atomic mass is 16.2. The average Bonchev–Trinajstić information content (AvgIpc) is 2.62. The average molecular weight is 296 g/mol. The number of carbonyl (C=O) groups is 1. The van der Waals surface area contributed by atoms with Crippen LogP contribution in [0, 0.1) is 0 Å². The molecule has 3 nitrogen and oxygen atoms in total. The Hall–Kier alpha value is -2.16. The molecule has 1 aliphatic rings. The number of carbonyl (C=O) groups excluding carboxylic acids is 1. The molecule has 0 aliphatic carbocycles. The molecule has 0 fully saturated rings. The summed E-state index contributed by atoms with van der Waals surface area (Å²) in [5.41, 5.74) is 3.95. The van der Waals surface area contributed by atoms with Crippen LogP contribution in [0.5, 0.6) is 0 Å². The van der Waals surface area contributed by atoms with Gasteiger partial charge in [-0.25, -0.2) is 0 Å². The summed E-state index contributed by atoms with van der Waals surface area (Å²) in [5, 5.41) is 0. The van der Waals surface area contributed by atoms with E-state index in [2.05, 4.69) is 18.0 Å². The van der Waals surface area contributed by atoms with Crippen LogP contribution >= 0.6 is 0 Å². The lowest BCUT2D eigenvalue weighted by Crippen LogP contribution is -2.35. The molecule has 0 spiro atoms. The highest BCUT2D eigenvalue weighted by Crippen LogP contribution is 2.26. The molecule has 1 aromatic carbocycles. The first-order valence-corrected chi connectivity index (χ1v) is 8.14. The minimum atomic E-state index is 0.0780. The molecule has 3 rings (SSSR count). The second-order valence-electron chi connectivity index (χ2n) is 5.08. The molecule has 0 unspecified atom stereocenters. The largest absolute Gasteiger partial charge is 0.307 e. The van der Waals surface area contributed by atoms with Crippen LogP contribution in [0.3, 0.4) is 0 Å². The van der Waals surface area contributed by atoms with Gasteiger partial charge in [0.05, 0.1) is 11.4 Å². The van der Waals surface area contributed by atoms with E-state index < -0.39 is 0 Å². The van der Waals surface area contributed by atoms with E-state index >= 15 is 0 Å². The number of amides is 1. The normalized spacial score (nSPS) is 13.0. The molecule has 1 amide bonds. The Morgan fingerprint density at radius 2 is 2.05 bits per heavy atom. The number of hydrogen-bond donors (Lipinski definition) is 0. The van der Waals surface area contributed by atoms with Gasteiger partial charge in [-0.15, -0.1) is 0 Å². The molecule has 0 N–H and O–H groups in total. The van der Waals surface area contributed by atoms with E-state index in [1.807, 2.05) is 49.1 Å². The summed E-state index contributed by atoms with van der Waals surface area (Å²) in [5.74, 6) is 0.0780. The van der Waals surface area contributed by atoms with Crippen LogP contribution in [0.15, 0.2) is 42.6 Å². The van der Waals surface area contributed by atoms with Crippen LogP contribution in [-0.2, 0) is 12.8 Å². The Labute approximate surface area is 133 Å². The SMILES string of the molecule is CC.CCc1cccc(C(=O)N2CCCc3ncccc32)c1. The Morgan fingerprint density at radius 1 is 1.23 bits per heavy atom. The van der Waals surface area contributed by atoms with Crippen molar-refractivity contribution in [2.75, 3.05) is 11.4 Å². The van der Waals surface area contributed by atoms with E-state index in [1.54, 1.807) is 6.20 Å². The molecule has 0 radical (unpaired) electrons. The lowest BCUT2D eigenvalue weighted by Gasteiger charge is -2.28. The summed E-state index contributed by atoms with van der Waals surface area (Å²) < 4.78 is 0. The van der Waals surface area contributed by atoms with E-state index in [9.17, 15) is 4.79 Å². The van der Waals surface area contributed by atoms with Gasteiger partial charge in [0.1, 0.15) is 0 Å². The number of hydrogen-bond acceptors (Lipinski definition) is 2. The van der Waals surface area contributed by atoms with Crippen molar-refractivity contribution < 1.29 is 4.79 Å². The molecule has 2 heterocycles. The van der Waals surface area contributed by atoms with Gasteiger partial charge in [-0.2, -0.15) is 0 Å². The fraction of sp³-hybridized carbons (Fsp3) is 0.368. The second kappa shape index (κ2) is 7.74. The van der Waals surface area contributed by atoms with Crippen molar-refractivity contribution in [1.29, 1.82) is 0 Å². The van der Waals surface area contributed by atoms with E-state index in [4.69, 9.17) is 0 Å². The smallest absolute Gasteiger partial charge is 0.258 e. The maximum atomic E-state index is 12.7. The maximum absolute atomic E-state index is 12.7. The minimum Gasteiger partial charge on any atom is -0.307 e. The van der Waals surface area contributed by atoms with Gasteiger partial charge in [0.25, 0.3) is 5.91 Å². The zero-order chi connectivity index (χ0) is 15.9. The molecule has 0 bridgehead atoms. The summed E-state index contributed by atoms with van der Waals surface area (Å²) in [6.07, 6.45) is 4.67. The van der Waals surface area contributed by atoms with E-state index in [-0.39, 0.29) is 5.91 Å². The predicted octanol–water partition coefficient (Wildman–Crippen LogP) is 4.26. The number of aromatic nitrogens is 1. The molecule has 116 valence electrons. The highest BCUT2D eigenvalue weighted by Gasteiger charge is 2.23.